The molecule has 0 radical (unpaired) electrons. The highest BCUT2D eigenvalue weighted by atomic mass is 16.6. The van der Waals surface area contributed by atoms with Crippen LogP contribution in [0.1, 0.15) is 45.8 Å². The number of ether oxygens (including phenoxy) is 2. The van der Waals surface area contributed by atoms with Gasteiger partial charge in [-0.2, -0.15) is 4.98 Å². The van der Waals surface area contributed by atoms with Gasteiger partial charge in [0.15, 0.2) is 12.3 Å². The highest BCUT2D eigenvalue weighted by Gasteiger charge is 2.56. The molecule has 172 valence electrons. The molecule has 1 fully saturated rings. The number of carbonyl (C=O) groups is 1. The molecule has 4 rings (SSSR count). The van der Waals surface area contributed by atoms with Crippen molar-refractivity contribution in [2.75, 3.05) is 17.7 Å². The van der Waals surface area contributed by atoms with Crippen molar-refractivity contribution >= 4 is 40.4 Å². The Morgan fingerprint density at radius 2 is 2.22 bits per heavy atom. The summed E-state index contributed by atoms with van der Waals surface area (Å²) in [6.45, 7) is 3.06. The largest absolute Gasteiger partial charge is 0.456 e. The summed E-state index contributed by atoms with van der Waals surface area (Å²) < 4.78 is 13.1. The summed E-state index contributed by atoms with van der Waals surface area (Å²) in [6.07, 6.45) is 2.66. The van der Waals surface area contributed by atoms with Crippen LogP contribution in [0, 0.1) is 0 Å². The second-order valence-corrected chi connectivity index (χ2v) is 8.25. The predicted octanol–water partition coefficient (Wildman–Crippen LogP) is 1.20. The van der Waals surface area contributed by atoms with Crippen LogP contribution in [0.4, 0.5) is 17.3 Å². The van der Waals surface area contributed by atoms with E-state index in [0.29, 0.717) is 23.0 Å². The smallest absolute Gasteiger partial charge is 0.306 e. The predicted molar refractivity (Wildman–Crippen MR) is 118 cm³/mol. The van der Waals surface area contributed by atoms with Crippen molar-refractivity contribution in [2.45, 2.75) is 63.6 Å². The van der Waals surface area contributed by atoms with Gasteiger partial charge in [-0.05, 0) is 13.3 Å². The molecule has 0 amide bonds. The molecule has 2 aliphatic rings. The van der Waals surface area contributed by atoms with E-state index < -0.39 is 42.2 Å². The Labute approximate surface area is 183 Å². The minimum absolute atomic E-state index is 0.192. The molecule has 0 saturated carbocycles. The molecule has 0 bridgehead atoms. The average molecular weight is 445 g/mol. The number of carbonyl (C=O) groups excluding carboxylic acids is 1. The Bertz CT molecular complexity index is 1130. The van der Waals surface area contributed by atoms with Crippen LogP contribution in [0.2, 0.25) is 0 Å². The lowest BCUT2D eigenvalue weighted by atomic mass is 9.96. The third-order valence-electron chi connectivity index (χ3n) is 5.84. The Hall–Kier alpha value is -3.02. The Balaban J connectivity index is 1.73. The van der Waals surface area contributed by atoms with Crippen LogP contribution in [-0.4, -0.2) is 56.5 Å². The van der Waals surface area contributed by atoms with E-state index in [2.05, 4.69) is 15.3 Å². The number of nitrogens with zero attached hydrogens (tertiary/aromatic N) is 3. The first kappa shape index (κ1) is 22.2. The molecular formula is C21H27N5O6. The molecular weight excluding hydrogens is 418 g/mol. The van der Waals surface area contributed by atoms with E-state index in [-0.39, 0.29) is 17.9 Å². The standard InChI is InChI=1S/C21H27N5O6/c1-3-4-5-6-15(29)32-17-13(9-27)31-20(21(17,2)30)26-8-11-12(22)7-14(28)25-18-16(11)19(26)24-10-23-18/h7-8,10,13,17,20,27,30H,3-6,9,22H2,1-2H3,(H,23,24,25,28)/t13-,17-,20-,21-/m1/s1. The fourth-order valence-electron chi connectivity index (χ4n) is 4.24. The van der Waals surface area contributed by atoms with Crippen LogP contribution in [0.3, 0.4) is 0 Å². The second kappa shape index (κ2) is 8.49. The van der Waals surface area contributed by atoms with E-state index in [1.165, 1.54) is 19.3 Å². The fourth-order valence-corrected chi connectivity index (χ4v) is 4.24. The molecule has 0 unspecified atom stereocenters. The van der Waals surface area contributed by atoms with Crippen LogP contribution < -0.4 is 16.6 Å². The highest BCUT2D eigenvalue weighted by molar-refractivity contribution is 6.10. The molecule has 0 aromatic carbocycles. The van der Waals surface area contributed by atoms with Crippen molar-refractivity contribution in [1.29, 1.82) is 0 Å². The maximum Gasteiger partial charge on any atom is 0.306 e. The number of aliphatic hydroxyl groups excluding tert-OH is 1. The first-order valence-corrected chi connectivity index (χ1v) is 10.6. The molecule has 11 heteroatoms. The lowest BCUT2D eigenvalue weighted by molar-refractivity contribution is -0.164. The van der Waals surface area contributed by atoms with Gasteiger partial charge in [0.25, 0.3) is 5.56 Å². The minimum atomic E-state index is -1.69. The number of aliphatic hydroxyl groups is 2. The summed E-state index contributed by atoms with van der Waals surface area (Å²) in [6, 6.07) is 1.21. The van der Waals surface area contributed by atoms with Gasteiger partial charge in [-0.3, -0.25) is 9.59 Å². The Morgan fingerprint density at radius 1 is 1.44 bits per heavy atom. The van der Waals surface area contributed by atoms with E-state index in [1.54, 1.807) is 10.8 Å². The zero-order valence-electron chi connectivity index (χ0n) is 17.9. The molecule has 2 aromatic rings. The maximum atomic E-state index is 12.3. The molecule has 0 spiro atoms. The number of aromatic nitrogens is 2. The minimum Gasteiger partial charge on any atom is -0.456 e. The highest BCUT2D eigenvalue weighted by Crippen LogP contribution is 2.46. The second-order valence-electron chi connectivity index (χ2n) is 8.25. The first-order chi connectivity index (χ1) is 15.3. The van der Waals surface area contributed by atoms with Crippen LogP contribution in [-0.2, 0) is 14.3 Å². The molecule has 2 aromatic heterocycles. The quantitative estimate of drug-likeness (QED) is 0.362. The van der Waals surface area contributed by atoms with Crippen molar-refractivity contribution < 1.29 is 24.5 Å². The third kappa shape index (κ3) is 3.72. The van der Waals surface area contributed by atoms with Crippen molar-refractivity contribution in [3.05, 3.63) is 22.6 Å². The van der Waals surface area contributed by atoms with Gasteiger partial charge in [0.05, 0.1) is 18.3 Å². The number of nitrogen functional groups attached to an aromatic ring is 1. The molecule has 32 heavy (non-hydrogen) atoms. The molecule has 5 N–H and O–H groups in total. The zero-order valence-corrected chi connectivity index (χ0v) is 17.9. The van der Waals surface area contributed by atoms with Gasteiger partial charge in [0.1, 0.15) is 23.3 Å². The number of esters is 1. The summed E-state index contributed by atoms with van der Waals surface area (Å²) in [5.41, 5.74) is 4.09. The first-order valence-electron chi connectivity index (χ1n) is 10.6. The van der Waals surface area contributed by atoms with E-state index >= 15 is 0 Å². The van der Waals surface area contributed by atoms with E-state index in [0.717, 1.165) is 12.8 Å². The molecule has 1 saturated heterocycles. The number of unbranched alkanes of at least 4 members (excludes halogenated alkanes) is 2. The van der Waals surface area contributed by atoms with Gasteiger partial charge in [0, 0.05) is 29.8 Å². The maximum absolute atomic E-state index is 12.3. The number of rotatable bonds is 7. The van der Waals surface area contributed by atoms with Crippen LogP contribution in [0.25, 0.3) is 10.8 Å². The van der Waals surface area contributed by atoms with Crippen LogP contribution in [0.15, 0.2) is 22.1 Å². The van der Waals surface area contributed by atoms with Gasteiger partial charge in [-0.15, -0.1) is 0 Å². The van der Waals surface area contributed by atoms with Gasteiger partial charge in [-0.25, -0.2) is 4.99 Å². The van der Waals surface area contributed by atoms with E-state index in [9.17, 15) is 19.8 Å². The Morgan fingerprint density at radius 3 is 2.94 bits per heavy atom. The number of nitrogens with two attached hydrogens (primary N) is 1. The van der Waals surface area contributed by atoms with E-state index in [1.807, 2.05) is 6.92 Å². The fraction of sp³-hybridized carbons (Fsp3) is 0.524. The van der Waals surface area contributed by atoms with Crippen molar-refractivity contribution in [3.8, 4) is 0 Å². The number of aliphatic imine (C=N–C) groups is 1. The van der Waals surface area contributed by atoms with E-state index in [4.69, 9.17) is 15.2 Å². The topological polar surface area (TPSA) is 161 Å². The number of nitrogens with one attached hydrogen (secondary N) is 1. The summed E-state index contributed by atoms with van der Waals surface area (Å²) in [5, 5.41) is 25.1. The van der Waals surface area contributed by atoms with Crippen molar-refractivity contribution in [3.63, 3.8) is 0 Å². The number of anilines is 2. The third-order valence-corrected chi connectivity index (χ3v) is 5.84. The summed E-state index contributed by atoms with van der Waals surface area (Å²) in [5.74, 6) is 0.180. The molecule has 2 aliphatic heterocycles. The van der Waals surface area contributed by atoms with Gasteiger partial charge >= 0.3 is 5.97 Å². The van der Waals surface area contributed by atoms with Crippen LogP contribution in [0.5, 0.6) is 0 Å². The zero-order chi connectivity index (χ0) is 23.0. The molecule has 4 atom stereocenters. The Kier molecular flexibility index (Phi) is 5.89. The average Bonchev–Trinajstić information content (AvgIpc) is 3.19. The summed E-state index contributed by atoms with van der Waals surface area (Å²) in [7, 11) is 0. The SMILES string of the molecule is CCCCCC(=O)O[C@@H]1[C@@H](CO)O[C@@H](n2cc3c(N)cc(=O)nc4c3c2N=CN4)[C@]1(C)O. The molecule has 11 nitrogen and oxygen atoms in total. The summed E-state index contributed by atoms with van der Waals surface area (Å²) in [4.78, 5) is 32.6. The normalized spacial score (nSPS) is 26.3. The lowest BCUT2D eigenvalue weighted by Gasteiger charge is -2.30. The number of hydrogen-bond acceptors (Lipinski definition) is 10. The van der Waals surface area contributed by atoms with Crippen molar-refractivity contribution in [2.24, 2.45) is 4.99 Å². The summed E-state index contributed by atoms with van der Waals surface area (Å²) >= 11 is 0. The van der Waals surface area contributed by atoms with Gasteiger partial charge < -0.3 is 35.3 Å². The van der Waals surface area contributed by atoms with Gasteiger partial charge in [0.2, 0.25) is 0 Å². The van der Waals surface area contributed by atoms with Gasteiger partial charge in [-0.1, -0.05) is 19.8 Å². The molecule has 0 aliphatic carbocycles. The molecule has 4 heterocycles. The van der Waals surface area contributed by atoms with Crippen molar-refractivity contribution in [1.82, 2.24) is 9.55 Å². The monoisotopic (exact) mass is 445 g/mol. The number of hydrogen-bond donors (Lipinski definition) is 4. The lowest BCUT2D eigenvalue weighted by Crippen LogP contribution is -2.47. The van der Waals surface area contributed by atoms with Crippen LogP contribution >= 0.6 is 0 Å².